The lowest BCUT2D eigenvalue weighted by molar-refractivity contribution is 1.26. The summed E-state index contributed by atoms with van der Waals surface area (Å²) in [7, 11) is 0. The van der Waals surface area contributed by atoms with Gasteiger partial charge in [0.2, 0.25) is 0 Å². The minimum Gasteiger partial charge on any atom is -0.382 e. The van der Waals surface area contributed by atoms with Crippen molar-refractivity contribution >= 4 is 17.1 Å². The fourth-order valence-electron chi connectivity index (χ4n) is 2.47. The Bertz CT molecular complexity index is 809. The van der Waals surface area contributed by atoms with Crippen LogP contribution >= 0.6 is 0 Å². The van der Waals surface area contributed by atoms with E-state index in [0.29, 0.717) is 11.5 Å². The van der Waals surface area contributed by atoms with E-state index in [1.807, 2.05) is 60.7 Å². The number of rotatable bonds is 3. The zero-order chi connectivity index (χ0) is 15.4. The monoisotopic (exact) mass is 286 g/mol. The van der Waals surface area contributed by atoms with Gasteiger partial charge in [-0.2, -0.15) is 5.26 Å². The van der Waals surface area contributed by atoms with Gasteiger partial charge < -0.3 is 5.73 Å². The van der Waals surface area contributed by atoms with Crippen molar-refractivity contribution in [3.8, 4) is 6.07 Å². The molecule has 2 aromatic rings. The third-order valence-corrected chi connectivity index (χ3v) is 3.48. The number of hydrogen-bond donors (Lipinski definition) is 1. The Morgan fingerprint density at radius 2 is 1.59 bits per heavy atom. The molecule has 2 N–H and O–H groups in total. The van der Waals surface area contributed by atoms with Crippen LogP contribution in [-0.4, -0.2) is 11.5 Å². The van der Waals surface area contributed by atoms with Crippen molar-refractivity contribution in [3.63, 3.8) is 0 Å². The van der Waals surface area contributed by atoms with Crippen LogP contribution in [0.1, 0.15) is 17.5 Å². The van der Waals surface area contributed by atoms with Crippen molar-refractivity contribution < 1.29 is 0 Å². The van der Waals surface area contributed by atoms with Gasteiger partial charge in [0.25, 0.3) is 0 Å². The van der Waals surface area contributed by atoms with Crippen LogP contribution in [0, 0.1) is 11.3 Å². The molecule has 1 heterocycles. The molecule has 0 radical (unpaired) electrons. The fraction of sp³-hybridized carbons (Fsp3) is 0.0556. The second-order valence-electron chi connectivity index (χ2n) is 4.85. The van der Waals surface area contributed by atoms with Gasteiger partial charge in [0.1, 0.15) is 5.71 Å². The topological polar surface area (TPSA) is 74.5 Å². The number of nitrogens with two attached hydrogens (primary N) is 1. The van der Waals surface area contributed by atoms with E-state index in [4.69, 9.17) is 5.73 Å². The van der Waals surface area contributed by atoms with E-state index < -0.39 is 0 Å². The lowest BCUT2D eigenvalue weighted by atomic mass is 9.91. The maximum Gasteiger partial charge on any atom is 0.155 e. The Balaban J connectivity index is 2.18. The van der Waals surface area contributed by atoms with Crippen molar-refractivity contribution in [1.29, 1.82) is 5.26 Å². The highest BCUT2D eigenvalue weighted by Gasteiger charge is 2.24. The predicted octanol–water partition coefficient (Wildman–Crippen LogP) is 3.13. The number of nitrogens with zero attached hydrogens (tertiary/aromatic N) is 3. The van der Waals surface area contributed by atoms with Gasteiger partial charge in [-0.05, 0) is 11.1 Å². The maximum absolute atomic E-state index is 9.20. The van der Waals surface area contributed by atoms with Gasteiger partial charge >= 0.3 is 0 Å². The summed E-state index contributed by atoms with van der Waals surface area (Å²) in [5.74, 6) is 0.355. The van der Waals surface area contributed by atoms with Crippen molar-refractivity contribution in [1.82, 2.24) is 0 Å². The van der Waals surface area contributed by atoms with Crippen LogP contribution in [0.5, 0.6) is 0 Å². The normalized spacial score (nSPS) is 15.8. The molecule has 0 unspecified atom stereocenters. The Morgan fingerprint density at radius 1 is 0.955 bits per heavy atom. The second-order valence-corrected chi connectivity index (χ2v) is 4.85. The van der Waals surface area contributed by atoms with Crippen molar-refractivity contribution in [2.24, 2.45) is 15.9 Å². The van der Waals surface area contributed by atoms with E-state index >= 15 is 0 Å². The van der Waals surface area contributed by atoms with E-state index in [2.05, 4.69) is 16.3 Å². The Hall–Kier alpha value is -3.19. The van der Waals surface area contributed by atoms with E-state index in [1.54, 1.807) is 0 Å². The molecule has 0 amide bonds. The van der Waals surface area contributed by atoms with Crippen LogP contribution in [-0.2, 0) is 0 Å². The van der Waals surface area contributed by atoms with Crippen LogP contribution in [0.15, 0.2) is 76.4 Å². The first-order valence-electron chi connectivity index (χ1n) is 6.94. The van der Waals surface area contributed by atoms with Crippen molar-refractivity contribution in [2.45, 2.75) is 6.42 Å². The summed E-state index contributed by atoms with van der Waals surface area (Å²) in [6.07, 6.45) is 0.251. The quantitative estimate of drug-likeness (QED) is 0.941. The zero-order valence-corrected chi connectivity index (χ0v) is 11.9. The lowest BCUT2D eigenvalue weighted by Crippen LogP contribution is -2.19. The molecule has 106 valence electrons. The van der Waals surface area contributed by atoms with Gasteiger partial charge in [0.05, 0.1) is 18.1 Å². The summed E-state index contributed by atoms with van der Waals surface area (Å²) in [6.45, 7) is 0. The van der Waals surface area contributed by atoms with Crippen LogP contribution in [0.2, 0.25) is 0 Å². The third kappa shape index (κ3) is 2.52. The molecule has 1 aliphatic rings. The SMILES string of the molecule is N#CCC(=C1C(N)=NN=C1c1ccccc1)c1ccccc1. The van der Waals surface area contributed by atoms with Crippen molar-refractivity contribution in [2.75, 3.05) is 0 Å². The van der Waals surface area contributed by atoms with Gasteiger partial charge in [-0.1, -0.05) is 60.7 Å². The van der Waals surface area contributed by atoms with Crippen molar-refractivity contribution in [3.05, 3.63) is 77.4 Å². The molecule has 0 saturated carbocycles. The average Bonchev–Trinajstić information content (AvgIpc) is 2.96. The Kier molecular flexibility index (Phi) is 3.80. The van der Waals surface area contributed by atoms with Crippen LogP contribution < -0.4 is 5.73 Å². The molecule has 0 spiro atoms. The Labute approximate surface area is 128 Å². The summed E-state index contributed by atoms with van der Waals surface area (Å²) in [5.41, 5.74) is 10.3. The molecule has 0 aromatic heterocycles. The molecular weight excluding hydrogens is 272 g/mol. The summed E-state index contributed by atoms with van der Waals surface area (Å²) >= 11 is 0. The first kappa shape index (κ1) is 13.8. The smallest absolute Gasteiger partial charge is 0.155 e. The molecule has 2 aromatic carbocycles. The van der Waals surface area contributed by atoms with Gasteiger partial charge in [0.15, 0.2) is 5.84 Å². The fourth-order valence-corrected chi connectivity index (χ4v) is 2.47. The summed E-state index contributed by atoms with van der Waals surface area (Å²) < 4.78 is 0. The van der Waals surface area contributed by atoms with E-state index in [0.717, 1.165) is 22.3 Å². The molecule has 0 saturated heterocycles. The number of nitriles is 1. The molecule has 4 nitrogen and oxygen atoms in total. The zero-order valence-electron chi connectivity index (χ0n) is 11.9. The summed E-state index contributed by atoms with van der Waals surface area (Å²) in [4.78, 5) is 0. The average molecular weight is 286 g/mol. The first-order valence-corrected chi connectivity index (χ1v) is 6.94. The Morgan fingerprint density at radius 3 is 2.23 bits per heavy atom. The highest BCUT2D eigenvalue weighted by Crippen LogP contribution is 2.27. The first-order chi connectivity index (χ1) is 10.8. The minimum atomic E-state index is 0.251. The van der Waals surface area contributed by atoms with Gasteiger partial charge in [-0.3, -0.25) is 0 Å². The number of amidine groups is 1. The van der Waals surface area contributed by atoms with Gasteiger partial charge in [0, 0.05) is 5.56 Å². The number of benzene rings is 2. The van der Waals surface area contributed by atoms with E-state index in [-0.39, 0.29) is 6.42 Å². The second kappa shape index (κ2) is 6.06. The molecule has 1 aliphatic heterocycles. The van der Waals surface area contributed by atoms with Gasteiger partial charge in [-0.15, -0.1) is 10.2 Å². The number of hydrogen-bond acceptors (Lipinski definition) is 4. The highest BCUT2D eigenvalue weighted by molar-refractivity contribution is 6.35. The predicted molar refractivity (Wildman–Crippen MR) is 88.2 cm³/mol. The van der Waals surface area contributed by atoms with Crippen LogP contribution in [0.25, 0.3) is 5.57 Å². The molecule has 4 heteroatoms. The van der Waals surface area contributed by atoms with Crippen LogP contribution in [0.4, 0.5) is 0 Å². The standard InChI is InChI=1S/C18H14N4/c19-12-11-15(13-7-3-1-4-8-13)16-17(21-22-18(16)20)14-9-5-2-6-10-14/h1-10H,11H2,(H2,20,22). The lowest BCUT2D eigenvalue weighted by Gasteiger charge is -2.11. The molecule has 3 rings (SSSR count). The molecule has 0 aliphatic carbocycles. The molecule has 22 heavy (non-hydrogen) atoms. The minimum absolute atomic E-state index is 0.251. The molecule has 0 fully saturated rings. The third-order valence-electron chi connectivity index (χ3n) is 3.48. The largest absolute Gasteiger partial charge is 0.382 e. The maximum atomic E-state index is 9.20. The summed E-state index contributed by atoms with van der Waals surface area (Å²) in [6, 6.07) is 21.7. The van der Waals surface area contributed by atoms with E-state index in [9.17, 15) is 5.26 Å². The van der Waals surface area contributed by atoms with Gasteiger partial charge in [-0.25, -0.2) is 0 Å². The summed E-state index contributed by atoms with van der Waals surface area (Å²) in [5, 5.41) is 17.4. The van der Waals surface area contributed by atoms with E-state index in [1.165, 1.54) is 0 Å². The molecular formula is C18H14N4. The highest BCUT2D eigenvalue weighted by atomic mass is 15.3. The van der Waals surface area contributed by atoms with Crippen LogP contribution in [0.3, 0.4) is 0 Å². The molecule has 0 bridgehead atoms. The number of allylic oxidation sites excluding steroid dienone is 1. The molecule has 0 atom stereocenters.